The van der Waals surface area contributed by atoms with Gasteiger partial charge in [0.25, 0.3) is 5.91 Å². The Morgan fingerprint density at radius 1 is 1.30 bits per heavy atom. The van der Waals surface area contributed by atoms with Gasteiger partial charge in [0.2, 0.25) is 0 Å². The number of halogens is 2. The Hall–Kier alpha value is -1.75. The molecule has 0 saturated carbocycles. The van der Waals surface area contributed by atoms with Gasteiger partial charge in [-0.1, -0.05) is 0 Å². The molecule has 1 aromatic carbocycles. The molecule has 1 aromatic heterocycles. The average Bonchev–Trinajstić information content (AvgIpc) is 2.48. The first-order valence-corrected chi connectivity index (χ1v) is 6.96. The van der Waals surface area contributed by atoms with Crippen LogP contribution in [0, 0.1) is 5.82 Å². The van der Waals surface area contributed by atoms with Crippen LogP contribution >= 0.6 is 15.9 Å². The molecule has 0 atom stereocenters. The Morgan fingerprint density at radius 3 is 2.65 bits per heavy atom. The first-order valence-electron chi connectivity index (χ1n) is 6.17. The highest BCUT2D eigenvalue weighted by Gasteiger charge is 2.13. The number of nitrogens with zero attached hydrogens (tertiary/aromatic N) is 2. The lowest BCUT2D eigenvalue weighted by atomic mass is 10.1. The second-order valence-corrected chi connectivity index (χ2v) is 5.32. The van der Waals surface area contributed by atoms with Crippen molar-refractivity contribution in [3.05, 3.63) is 64.1 Å². The van der Waals surface area contributed by atoms with E-state index in [0.29, 0.717) is 16.6 Å². The third-order valence-electron chi connectivity index (χ3n) is 3.00. The Morgan fingerprint density at radius 2 is 2.00 bits per heavy atom. The zero-order chi connectivity index (χ0) is 14.5. The van der Waals surface area contributed by atoms with Gasteiger partial charge in [0.15, 0.2) is 0 Å². The van der Waals surface area contributed by atoms with Gasteiger partial charge in [0.1, 0.15) is 5.82 Å². The smallest absolute Gasteiger partial charge is 0.253 e. The van der Waals surface area contributed by atoms with E-state index in [4.69, 9.17) is 0 Å². The highest BCUT2D eigenvalue weighted by Crippen LogP contribution is 2.17. The molecule has 2 rings (SSSR count). The van der Waals surface area contributed by atoms with E-state index in [9.17, 15) is 9.18 Å². The second kappa shape index (κ2) is 6.61. The fourth-order valence-electron chi connectivity index (χ4n) is 1.80. The molecule has 5 heteroatoms. The van der Waals surface area contributed by atoms with E-state index in [1.165, 1.54) is 18.2 Å². The van der Waals surface area contributed by atoms with Crippen LogP contribution in [-0.2, 0) is 6.42 Å². The quantitative estimate of drug-likeness (QED) is 0.858. The van der Waals surface area contributed by atoms with Crippen molar-refractivity contribution in [2.24, 2.45) is 0 Å². The Bertz CT molecular complexity index is 604. The molecule has 0 saturated heterocycles. The van der Waals surface area contributed by atoms with Crippen LogP contribution in [0.25, 0.3) is 0 Å². The van der Waals surface area contributed by atoms with Crippen molar-refractivity contribution in [1.82, 2.24) is 9.88 Å². The van der Waals surface area contributed by atoms with Gasteiger partial charge < -0.3 is 4.90 Å². The molecule has 0 unspecified atom stereocenters. The molecular formula is C15H14BrFN2O. The van der Waals surface area contributed by atoms with E-state index >= 15 is 0 Å². The average molecular weight is 337 g/mol. The fraction of sp³-hybridized carbons (Fsp3) is 0.200. The maximum atomic E-state index is 13.2. The van der Waals surface area contributed by atoms with Gasteiger partial charge in [-0.25, -0.2) is 4.39 Å². The van der Waals surface area contributed by atoms with Crippen LogP contribution in [0.3, 0.4) is 0 Å². The Kier molecular flexibility index (Phi) is 4.84. The SMILES string of the molecule is CN(CCc1ccncc1)C(=O)c1ccc(F)c(Br)c1. The van der Waals surface area contributed by atoms with E-state index in [1.807, 2.05) is 12.1 Å². The topological polar surface area (TPSA) is 33.2 Å². The number of pyridine rings is 1. The monoisotopic (exact) mass is 336 g/mol. The van der Waals surface area contributed by atoms with Crippen LogP contribution < -0.4 is 0 Å². The zero-order valence-electron chi connectivity index (χ0n) is 11.0. The van der Waals surface area contributed by atoms with Crippen molar-refractivity contribution in [2.45, 2.75) is 6.42 Å². The summed E-state index contributed by atoms with van der Waals surface area (Å²) in [7, 11) is 1.74. The molecule has 0 fully saturated rings. The maximum absolute atomic E-state index is 13.2. The summed E-state index contributed by atoms with van der Waals surface area (Å²) >= 11 is 3.09. The van der Waals surface area contributed by atoms with Crippen molar-refractivity contribution >= 4 is 21.8 Å². The molecule has 0 N–H and O–H groups in total. The zero-order valence-corrected chi connectivity index (χ0v) is 12.6. The predicted octanol–water partition coefficient (Wildman–Crippen LogP) is 3.30. The molecule has 0 bridgehead atoms. The summed E-state index contributed by atoms with van der Waals surface area (Å²) in [6.45, 7) is 0.595. The van der Waals surface area contributed by atoms with Gasteiger partial charge in [0.05, 0.1) is 4.47 Å². The van der Waals surface area contributed by atoms with Crippen molar-refractivity contribution < 1.29 is 9.18 Å². The summed E-state index contributed by atoms with van der Waals surface area (Å²) in [4.78, 5) is 17.8. The van der Waals surface area contributed by atoms with Gasteiger partial charge in [-0.15, -0.1) is 0 Å². The number of likely N-dealkylation sites (N-methyl/N-ethyl adjacent to an activating group) is 1. The number of hydrogen-bond donors (Lipinski definition) is 0. The molecule has 0 aliphatic heterocycles. The van der Waals surface area contributed by atoms with E-state index in [1.54, 1.807) is 24.3 Å². The fourth-order valence-corrected chi connectivity index (χ4v) is 2.18. The normalized spacial score (nSPS) is 10.3. The molecule has 104 valence electrons. The number of amides is 1. The summed E-state index contributed by atoms with van der Waals surface area (Å²) in [6, 6.07) is 8.12. The van der Waals surface area contributed by atoms with E-state index in [0.717, 1.165) is 12.0 Å². The first kappa shape index (κ1) is 14.7. The molecule has 1 amide bonds. The van der Waals surface area contributed by atoms with E-state index < -0.39 is 0 Å². The number of carbonyl (C=O) groups is 1. The van der Waals surface area contributed by atoms with E-state index in [2.05, 4.69) is 20.9 Å². The van der Waals surface area contributed by atoms with Gasteiger partial charge in [-0.05, 0) is 58.2 Å². The van der Waals surface area contributed by atoms with Crippen LogP contribution in [0.2, 0.25) is 0 Å². The molecular weight excluding hydrogens is 323 g/mol. The number of benzene rings is 1. The van der Waals surface area contributed by atoms with Crippen LogP contribution in [0.4, 0.5) is 4.39 Å². The van der Waals surface area contributed by atoms with Crippen LogP contribution in [0.5, 0.6) is 0 Å². The van der Waals surface area contributed by atoms with Crippen LogP contribution in [0.15, 0.2) is 47.2 Å². The number of rotatable bonds is 4. The predicted molar refractivity (Wildman–Crippen MR) is 79.0 cm³/mol. The first-order chi connectivity index (χ1) is 9.58. The van der Waals surface area contributed by atoms with Crippen molar-refractivity contribution in [2.75, 3.05) is 13.6 Å². The van der Waals surface area contributed by atoms with E-state index in [-0.39, 0.29) is 11.7 Å². The van der Waals surface area contributed by atoms with Crippen molar-refractivity contribution in [3.8, 4) is 0 Å². The molecule has 0 radical (unpaired) electrons. The minimum absolute atomic E-state index is 0.125. The highest BCUT2D eigenvalue weighted by molar-refractivity contribution is 9.10. The minimum atomic E-state index is -0.374. The summed E-state index contributed by atoms with van der Waals surface area (Å²) in [5, 5.41) is 0. The van der Waals surface area contributed by atoms with Gasteiger partial charge in [0, 0.05) is 31.5 Å². The van der Waals surface area contributed by atoms with Gasteiger partial charge in [-0.2, -0.15) is 0 Å². The second-order valence-electron chi connectivity index (χ2n) is 4.46. The Balaban J connectivity index is 1.99. The van der Waals surface area contributed by atoms with Gasteiger partial charge >= 0.3 is 0 Å². The number of carbonyl (C=O) groups excluding carboxylic acids is 1. The third kappa shape index (κ3) is 3.63. The van der Waals surface area contributed by atoms with Crippen molar-refractivity contribution in [1.29, 1.82) is 0 Å². The maximum Gasteiger partial charge on any atom is 0.253 e. The molecule has 1 heterocycles. The molecule has 0 spiro atoms. The molecule has 20 heavy (non-hydrogen) atoms. The molecule has 3 nitrogen and oxygen atoms in total. The summed E-state index contributed by atoms with van der Waals surface area (Å²) in [6.07, 6.45) is 4.22. The van der Waals surface area contributed by atoms with Gasteiger partial charge in [-0.3, -0.25) is 9.78 Å². The lowest BCUT2D eigenvalue weighted by Gasteiger charge is -2.17. The standard InChI is InChI=1S/C15H14BrFN2O/c1-19(9-6-11-4-7-18-8-5-11)15(20)12-2-3-14(17)13(16)10-12/h2-5,7-8,10H,6,9H2,1H3. The van der Waals surface area contributed by atoms with Crippen LogP contribution in [0.1, 0.15) is 15.9 Å². The lowest BCUT2D eigenvalue weighted by molar-refractivity contribution is 0.0796. The Labute approximate surface area is 125 Å². The number of hydrogen-bond acceptors (Lipinski definition) is 2. The third-order valence-corrected chi connectivity index (χ3v) is 3.61. The molecule has 0 aliphatic rings. The highest BCUT2D eigenvalue weighted by atomic mass is 79.9. The molecule has 0 aliphatic carbocycles. The van der Waals surface area contributed by atoms with Crippen molar-refractivity contribution in [3.63, 3.8) is 0 Å². The number of aromatic nitrogens is 1. The largest absolute Gasteiger partial charge is 0.341 e. The summed E-state index contributed by atoms with van der Waals surface area (Å²) < 4.78 is 13.5. The van der Waals surface area contributed by atoms with Crippen LogP contribution in [-0.4, -0.2) is 29.4 Å². The minimum Gasteiger partial charge on any atom is -0.341 e. The summed E-state index contributed by atoms with van der Waals surface area (Å²) in [5.41, 5.74) is 1.59. The molecule has 2 aromatic rings. The summed E-state index contributed by atoms with van der Waals surface area (Å²) in [5.74, 6) is -0.499. The lowest BCUT2D eigenvalue weighted by Crippen LogP contribution is -2.28.